The maximum absolute atomic E-state index is 5.88. The Kier molecular flexibility index (Phi) is 4.06. The van der Waals surface area contributed by atoms with Crippen LogP contribution in [-0.4, -0.2) is 12.6 Å². The van der Waals surface area contributed by atoms with E-state index in [0.29, 0.717) is 6.04 Å². The summed E-state index contributed by atoms with van der Waals surface area (Å²) >= 11 is 0. The quantitative estimate of drug-likeness (QED) is 0.849. The zero-order valence-corrected chi connectivity index (χ0v) is 11.1. The highest BCUT2D eigenvalue weighted by Crippen LogP contribution is 2.36. The van der Waals surface area contributed by atoms with Crippen LogP contribution in [0.4, 0.5) is 5.69 Å². The van der Waals surface area contributed by atoms with Crippen LogP contribution in [0.1, 0.15) is 45.3 Å². The van der Waals surface area contributed by atoms with Gasteiger partial charge >= 0.3 is 0 Å². The van der Waals surface area contributed by atoms with Crippen LogP contribution in [0.2, 0.25) is 0 Å². The van der Waals surface area contributed by atoms with Gasteiger partial charge in [0.05, 0.1) is 6.10 Å². The van der Waals surface area contributed by atoms with Gasteiger partial charge in [-0.1, -0.05) is 32.0 Å². The van der Waals surface area contributed by atoms with Crippen molar-refractivity contribution < 1.29 is 4.74 Å². The second kappa shape index (κ2) is 5.54. The molecule has 1 heterocycles. The van der Waals surface area contributed by atoms with Crippen molar-refractivity contribution in [3.63, 3.8) is 0 Å². The first-order valence-electron chi connectivity index (χ1n) is 6.67. The van der Waals surface area contributed by atoms with Gasteiger partial charge in [0.15, 0.2) is 0 Å². The Morgan fingerprint density at radius 1 is 1.35 bits per heavy atom. The summed E-state index contributed by atoms with van der Waals surface area (Å²) < 4.78 is 5.88. The first kappa shape index (κ1) is 12.4. The van der Waals surface area contributed by atoms with Gasteiger partial charge in [0.25, 0.3) is 0 Å². The molecule has 0 saturated carbocycles. The Hall–Kier alpha value is -1.02. The number of anilines is 1. The summed E-state index contributed by atoms with van der Waals surface area (Å²) in [6.07, 6.45) is 2.56. The van der Waals surface area contributed by atoms with Gasteiger partial charge in [-0.05, 0) is 31.7 Å². The van der Waals surface area contributed by atoms with Gasteiger partial charge in [0, 0.05) is 23.9 Å². The van der Waals surface area contributed by atoms with Crippen LogP contribution in [0.15, 0.2) is 24.3 Å². The first-order chi connectivity index (χ1) is 8.20. The van der Waals surface area contributed by atoms with E-state index in [1.54, 1.807) is 0 Å². The topological polar surface area (TPSA) is 21.3 Å². The molecule has 1 aromatic carbocycles. The van der Waals surface area contributed by atoms with Crippen LogP contribution in [0, 0.1) is 5.92 Å². The Labute approximate surface area is 104 Å². The number of nitrogens with one attached hydrogen (secondary N) is 1. The molecule has 1 aliphatic rings. The van der Waals surface area contributed by atoms with Crippen molar-refractivity contribution in [1.29, 1.82) is 0 Å². The number of rotatable bonds is 4. The van der Waals surface area contributed by atoms with E-state index in [1.807, 2.05) is 0 Å². The third-order valence-corrected chi connectivity index (χ3v) is 3.29. The molecule has 0 radical (unpaired) electrons. The average Bonchev–Trinajstić information content (AvgIpc) is 2.28. The predicted octanol–water partition coefficient (Wildman–Crippen LogP) is 3.99. The molecule has 1 aliphatic heterocycles. The highest BCUT2D eigenvalue weighted by Gasteiger charge is 2.26. The van der Waals surface area contributed by atoms with Gasteiger partial charge in [-0.2, -0.15) is 0 Å². The van der Waals surface area contributed by atoms with Gasteiger partial charge in [-0.3, -0.25) is 0 Å². The standard InChI is InChI=1S/C15H23NO/c1-4-17-15-10-12(9-11(2)3)16-14-8-6-5-7-13(14)15/h5-8,11-12,15-16H,4,9-10H2,1-3H3/t12-,15+/m0/s1. The molecule has 0 saturated heterocycles. The highest BCUT2D eigenvalue weighted by molar-refractivity contribution is 5.55. The largest absolute Gasteiger partial charge is 0.382 e. The summed E-state index contributed by atoms with van der Waals surface area (Å²) in [5.41, 5.74) is 2.57. The molecule has 1 aromatic rings. The maximum Gasteiger partial charge on any atom is 0.0864 e. The van der Waals surface area contributed by atoms with E-state index in [2.05, 4.69) is 50.4 Å². The van der Waals surface area contributed by atoms with Gasteiger partial charge in [0.2, 0.25) is 0 Å². The van der Waals surface area contributed by atoms with Gasteiger partial charge in [-0.25, -0.2) is 0 Å². The molecule has 2 atom stereocenters. The lowest BCUT2D eigenvalue weighted by atomic mass is 9.90. The summed E-state index contributed by atoms with van der Waals surface area (Å²) in [6.45, 7) is 7.41. The Balaban J connectivity index is 2.17. The third-order valence-electron chi connectivity index (χ3n) is 3.29. The number of para-hydroxylation sites is 1. The molecule has 0 spiro atoms. The average molecular weight is 233 g/mol. The van der Waals surface area contributed by atoms with E-state index in [4.69, 9.17) is 4.74 Å². The fourth-order valence-corrected chi connectivity index (χ4v) is 2.66. The highest BCUT2D eigenvalue weighted by atomic mass is 16.5. The zero-order chi connectivity index (χ0) is 12.3. The van der Waals surface area contributed by atoms with Gasteiger partial charge in [0.1, 0.15) is 0 Å². The van der Waals surface area contributed by atoms with Crippen LogP contribution >= 0.6 is 0 Å². The summed E-state index contributed by atoms with van der Waals surface area (Å²) in [6, 6.07) is 9.06. The minimum atomic E-state index is 0.265. The van der Waals surface area contributed by atoms with E-state index in [1.165, 1.54) is 17.7 Å². The zero-order valence-electron chi connectivity index (χ0n) is 11.1. The van der Waals surface area contributed by atoms with Crippen LogP contribution in [-0.2, 0) is 4.74 Å². The Bertz CT molecular complexity index is 362. The molecule has 0 aromatic heterocycles. The second-order valence-electron chi connectivity index (χ2n) is 5.24. The molecular weight excluding hydrogens is 210 g/mol. The summed E-state index contributed by atoms with van der Waals surface area (Å²) in [5, 5.41) is 3.64. The van der Waals surface area contributed by atoms with Crippen LogP contribution in [0.5, 0.6) is 0 Å². The fourth-order valence-electron chi connectivity index (χ4n) is 2.66. The molecule has 94 valence electrons. The van der Waals surface area contributed by atoms with E-state index < -0.39 is 0 Å². The van der Waals surface area contributed by atoms with Crippen LogP contribution < -0.4 is 5.32 Å². The van der Waals surface area contributed by atoms with Crippen molar-refractivity contribution in [2.24, 2.45) is 5.92 Å². The number of benzene rings is 1. The number of hydrogen-bond acceptors (Lipinski definition) is 2. The molecule has 0 aliphatic carbocycles. The second-order valence-corrected chi connectivity index (χ2v) is 5.24. The Morgan fingerprint density at radius 2 is 2.12 bits per heavy atom. The van der Waals surface area contributed by atoms with E-state index in [9.17, 15) is 0 Å². The lowest BCUT2D eigenvalue weighted by molar-refractivity contribution is 0.0485. The third kappa shape index (κ3) is 3.01. The van der Waals surface area contributed by atoms with Crippen molar-refractivity contribution in [3.05, 3.63) is 29.8 Å². The predicted molar refractivity (Wildman–Crippen MR) is 72.3 cm³/mol. The summed E-state index contributed by atoms with van der Waals surface area (Å²) in [5.74, 6) is 0.722. The lowest BCUT2D eigenvalue weighted by Crippen LogP contribution is -2.30. The summed E-state index contributed by atoms with van der Waals surface area (Å²) in [7, 11) is 0. The number of ether oxygens (including phenoxy) is 1. The van der Waals surface area contributed by atoms with E-state index in [0.717, 1.165) is 18.9 Å². The monoisotopic (exact) mass is 233 g/mol. The van der Waals surface area contributed by atoms with Crippen molar-refractivity contribution in [3.8, 4) is 0 Å². The molecule has 0 bridgehead atoms. The Morgan fingerprint density at radius 3 is 2.82 bits per heavy atom. The SMILES string of the molecule is CCO[C@@H]1C[C@H](CC(C)C)Nc2ccccc21. The van der Waals surface area contributed by atoms with Crippen LogP contribution in [0.3, 0.4) is 0 Å². The molecule has 2 heteroatoms. The maximum atomic E-state index is 5.88. The van der Waals surface area contributed by atoms with Crippen molar-refractivity contribution in [2.75, 3.05) is 11.9 Å². The van der Waals surface area contributed by atoms with Crippen LogP contribution in [0.25, 0.3) is 0 Å². The normalized spacial score (nSPS) is 23.3. The van der Waals surface area contributed by atoms with Gasteiger partial charge in [-0.15, -0.1) is 0 Å². The number of fused-ring (bicyclic) bond motifs is 1. The molecule has 17 heavy (non-hydrogen) atoms. The lowest BCUT2D eigenvalue weighted by Gasteiger charge is -2.33. The molecule has 0 amide bonds. The van der Waals surface area contributed by atoms with Crippen molar-refractivity contribution in [1.82, 2.24) is 0 Å². The van der Waals surface area contributed by atoms with Gasteiger partial charge < -0.3 is 10.1 Å². The molecule has 0 fully saturated rings. The molecule has 0 unspecified atom stereocenters. The van der Waals surface area contributed by atoms with E-state index >= 15 is 0 Å². The minimum absolute atomic E-state index is 0.265. The van der Waals surface area contributed by atoms with Crippen molar-refractivity contribution >= 4 is 5.69 Å². The first-order valence-corrected chi connectivity index (χ1v) is 6.67. The molecular formula is C15H23NO. The smallest absolute Gasteiger partial charge is 0.0864 e. The molecule has 2 rings (SSSR count). The fraction of sp³-hybridized carbons (Fsp3) is 0.600. The molecule has 1 N–H and O–H groups in total. The van der Waals surface area contributed by atoms with E-state index in [-0.39, 0.29) is 6.10 Å². The summed E-state index contributed by atoms with van der Waals surface area (Å²) in [4.78, 5) is 0. The number of hydrogen-bond donors (Lipinski definition) is 1. The minimum Gasteiger partial charge on any atom is -0.382 e. The molecule has 2 nitrogen and oxygen atoms in total. The van der Waals surface area contributed by atoms with Crippen molar-refractivity contribution in [2.45, 2.75) is 45.8 Å².